The van der Waals surface area contributed by atoms with Crippen LogP contribution in [0.15, 0.2) is 18.7 Å². The first kappa shape index (κ1) is 14.9. The van der Waals surface area contributed by atoms with E-state index in [2.05, 4.69) is 27.2 Å². The van der Waals surface area contributed by atoms with Crippen LogP contribution in [0.2, 0.25) is 0 Å². The molecule has 1 aliphatic rings. The van der Waals surface area contributed by atoms with Crippen LogP contribution in [-0.2, 0) is 4.74 Å². The molecule has 0 aliphatic carbocycles. The van der Waals surface area contributed by atoms with Crippen LogP contribution in [0.3, 0.4) is 0 Å². The van der Waals surface area contributed by atoms with Crippen LogP contribution >= 0.6 is 0 Å². The highest BCUT2D eigenvalue weighted by molar-refractivity contribution is 5.93. The lowest BCUT2D eigenvalue weighted by atomic mass is 10.1. The Bertz CT molecular complexity index is 405. The molecule has 1 fully saturated rings. The highest BCUT2D eigenvalue weighted by Gasteiger charge is 2.16. The van der Waals surface area contributed by atoms with Crippen LogP contribution in [0.1, 0.15) is 29.6 Å². The summed E-state index contributed by atoms with van der Waals surface area (Å²) in [6, 6.07) is 0. The third kappa shape index (κ3) is 4.86. The molecule has 1 aromatic heterocycles. The standard InChI is InChI=1S/C14H22N4O2/c1-18-6-3-13(4-7-18)20-8-2-5-17-14(19)12-9-15-11-16-10-12/h9-11,13H,2-8H2,1H3,(H,17,19). The molecule has 1 N–H and O–H groups in total. The third-order valence-electron chi connectivity index (χ3n) is 3.45. The van der Waals surface area contributed by atoms with Gasteiger partial charge in [0.1, 0.15) is 6.33 Å². The first-order chi connectivity index (χ1) is 9.75. The molecule has 0 atom stereocenters. The molecule has 1 saturated heterocycles. The van der Waals surface area contributed by atoms with Crippen molar-refractivity contribution in [3.05, 3.63) is 24.3 Å². The van der Waals surface area contributed by atoms with Gasteiger partial charge >= 0.3 is 0 Å². The maximum Gasteiger partial charge on any atom is 0.254 e. The van der Waals surface area contributed by atoms with E-state index in [4.69, 9.17) is 4.74 Å². The van der Waals surface area contributed by atoms with E-state index in [1.54, 1.807) is 0 Å². The van der Waals surface area contributed by atoms with Crippen molar-refractivity contribution in [1.29, 1.82) is 0 Å². The van der Waals surface area contributed by atoms with Crippen molar-refractivity contribution in [3.63, 3.8) is 0 Å². The van der Waals surface area contributed by atoms with E-state index in [0.717, 1.165) is 32.4 Å². The van der Waals surface area contributed by atoms with Gasteiger partial charge in [-0.05, 0) is 26.3 Å². The van der Waals surface area contributed by atoms with Gasteiger partial charge in [0.15, 0.2) is 0 Å². The Morgan fingerprint density at radius 1 is 1.40 bits per heavy atom. The van der Waals surface area contributed by atoms with Crippen molar-refractivity contribution in [2.24, 2.45) is 0 Å². The van der Waals surface area contributed by atoms with Crippen LogP contribution in [0.5, 0.6) is 0 Å². The lowest BCUT2D eigenvalue weighted by Crippen LogP contribution is -2.34. The Labute approximate surface area is 119 Å². The largest absolute Gasteiger partial charge is 0.378 e. The molecule has 0 radical (unpaired) electrons. The Balaban J connectivity index is 1.55. The quantitative estimate of drug-likeness (QED) is 0.776. The number of carbonyl (C=O) groups excluding carboxylic acids is 1. The van der Waals surface area contributed by atoms with Gasteiger partial charge in [0.25, 0.3) is 5.91 Å². The van der Waals surface area contributed by atoms with Gasteiger partial charge in [-0.15, -0.1) is 0 Å². The van der Waals surface area contributed by atoms with Crippen molar-refractivity contribution in [3.8, 4) is 0 Å². The Morgan fingerprint density at radius 3 is 2.80 bits per heavy atom. The van der Waals surface area contributed by atoms with Crippen LogP contribution in [-0.4, -0.2) is 60.2 Å². The highest BCUT2D eigenvalue weighted by atomic mass is 16.5. The molecular weight excluding hydrogens is 256 g/mol. The van der Waals surface area contributed by atoms with Crippen LogP contribution < -0.4 is 5.32 Å². The molecular formula is C14H22N4O2. The maximum absolute atomic E-state index is 11.7. The molecule has 1 aliphatic heterocycles. The Hall–Kier alpha value is -1.53. The first-order valence-corrected chi connectivity index (χ1v) is 7.09. The van der Waals surface area contributed by atoms with Crippen molar-refractivity contribution in [1.82, 2.24) is 20.2 Å². The molecule has 2 heterocycles. The summed E-state index contributed by atoms with van der Waals surface area (Å²) in [5, 5.41) is 2.84. The van der Waals surface area contributed by atoms with Gasteiger partial charge in [0.2, 0.25) is 0 Å². The number of nitrogens with zero attached hydrogens (tertiary/aromatic N) is 3. The molecule has 0 aromatic carbocycles. The minimum absolute atomic E-state index is 0.134. The minimum atomic E-state index is -0.134. The number of hydrogen-bond donors (Lipinski definition) is 1. The third-order valence-corrected chi connectivity index (χ3v) is 3.45. The lowest BCUT2D eigenvalue weighted by Gasteiger charge is -2.28. The number of aromatic nitrogens is 2. The van der Waals surface area contributed by atoms with Gasteiger partial charge in [-0.2, -0.15) is 0 Å². The minimum Gasteiger partial charge on any atom is -0.378 e. The fourth-order valence-corrected chi connectivity index (χ4v) is 2.19. The predicted octanol–water partition coefficient (Wildman–Crippen LogP) is 0.707. The predicted molar refractivity (Wildman–Crippen MR) is 75.5 cm³/mol. The van der Waals surface area contributed by atoms with Crippen molar-refractivity contribution >= 4 is 5.91 Å². The molecule has 20 heavy (non-hydrogen) atoms. The van der Waals surface area contributed by atoms with Gasteiger partial charge in [-0.1, -0.05) is 0 Å². The van der Waals surface area contributed by atoms with Crippen LogP contribution in [0, 0.1) is 0 Å². The molecule has 0 unspecified atom stereocenters. The van der Waals surface area contributed by atoms with Gasteiger partial charge in [0, 0.05) is 38.6 Å². The van der Waals surface area contributed by atoms with E-state index in [1.807, 2.05) is 0 Å². The van der Waals surface area contributed by atoms with Gasteiger partial charge in [0.05, 0.1) is 11.7 Å². The van der Waals surface area contributed by atoms with E-state index < -0.39 is 0 Å². The topological polar surface area (TPSA) is 67.3 Å². The first-order valence-electron chi connectivity index (χ1n) is 7.09. The molecule has 0 saturated carbocycles. The molecule has 1 aromatic rings. The van der Waals surface area contributed by atoms with Gasteiger partial charge in [-0.25, -0.2) is 9.97 Å². The number of nitrogens with one attached hydrogen (secondary N) is 1. The molecule has 2 rings (SSSR count). The zero-order valence-electron chi connectivity index (χ0n) is 11.9. The van der Waals surface area contributed by atoms with Crippen LogP contribution in [0.4, 0.5) is 0 Å². The van der Waals surface area contributed by atoms with Gasteiger partial charge in [-0.3, -0.25) is 4.79 Å². The zero-order chi connectivity index (χ0) is 14.2. The van der Waals surface area contributed by atoms with Gasteiger partial charge < -0.3 is 15.0 Å². The molecule has 1 amide bonds. The number of rotatable bonds is 6. The summed E-state index contributed by atoms with van der Waals surface area (Å²) < 4.78 is 5.82. The molecule has 0 spiro atoms. The number of hydrogen-bond acceptors (Lipinski definition) is 5. The number of likely N-dealkylation sites (tertiary alicyclic amines) is 1. The fraction of sp³-hybridized carbons (Fsp3) is 0.643. The number of carbonyl (C=O) groups is 1. The zero-order valence-corrected chi connectivity index (χ0v) is 11.9. The van der Waals surface area contributed by atoms with Crippen molar-refractivity contribution < 1.29 is 9.53 Å². The summed E-state index contributed by atoms with van der Waals surface area (Å²) in [6.07, 6.45) is 7.84. The highest BCUT2D eigenvalue weighted by Crippen LogP contribution is 2.11. The van der Waals surface area contributed by atoms with E-state index in [1.165, 1.54) is 18.7 Å². The average molecular weight is 278 g/mol. The SMILES string of the molecule is CN1CCC(OCCCNC(=O)c2cncnc2)CC1. The lowest BCUT2D eigenvalue weighted by molar-refractivity contribution is 0.0117. The normalized spacial score (nSPS) is 17.1. The maximum atomic E-state index is 11.7. The molecule has 110 valence electrons. The second kappa shape index (κ2) is 7.91. The second-order valence-electron chi connectivity index (χ2n) is 5.11. The summed E-state index contributed by atoms with van der Waals surface area (Å²) in [5.74, 6) is -0.134. The summed E-state index contributed by atoms with van der Waals surface area (Å²) in [5.41, 5.74) is 0.490. The van der Waals surface area contributed by atoms with Crippen LogP contribution in [0.25, 0.3) is 0 Å². The molecule has 6 heteroatoms. The fourth-order valence-electron chi connectivity index (χ4n) is 2.19. The van der Waals surface area contributed by atoms with E-state index in [-0.39, 0.29) is 5.91 Å². The average Bonchev–Trinajstić information content (AvgIpc) is 2.49. The number of piperidine rings is 1. The van der Waals surface area contributed by atoms with Crippen molar-refractivity contribution in [2.45, 2.75) is 25.4 Å². The monoisotopic (exact) mass is 278 g/mol. The van der Waals surface area contributed by atoms with E-state index in [9.17, 15) is 4.79 Å². The Morgan fingerprint density at radius 2 is 2.10 bits per heavy atom. The van der Waals surface area contributed by atoms with Crippen molar-refractivity contribution in [2.75, 3.05) is 33.3 Å². The summed E-state index contributed by atoms with van der Waals surface area (Å²) >= 11 is 0. The molecule has 6 nitrogen and oxygen atoms in total. The number of amides is 1. The number of ether oxygens (including phenoxy) is 1. The van der Waals surface area contributed by atoms with E-state index >= 15 is 0 Å². The smallest absolute Gasteiger partial charge is 0.254 e. The van der Waals surface area contributed by atoms with E-state index in [0.29, 0.717) is 24.8 Å². The summed E-state index contributed by atoms with van der Waals surface area (Å²) in [6.45, 7) is 3.52. The summed E-state index contributed by atoms with van der Waals surface area (Å²) in [7, 11) is 2.14. The molecule has 0 bridgehead atoms. The second-order valence-corrected chi connectivity index (χ2v) is 5.11. The Kier molecular flexibility index (Phi) is 5.88. The summed E-state index contributed by atoms with van der Waals surface area (Å²) in [4.78, 5) is 21.7.